The number of carbonyl (C=O) groups excluding carboxylic acids is 1. The Balaban J connectivity index is 2.30. The van der Waals surface area contributed by atoms with Crippen molar-refractivity contribution >= 4 is 33.4 Å². The summed E-state index contributed by atoms with van der Waals surface area (Å²) in [5.74, 6) is 0.0382. The van der Waals surface area contributed by atoms with Crippen LogP contribution in [-0.2, 0) is 0 Å². The number of benzene rings is 1. The Kier molecular flexibility index (Phi) is 3.55. The third kappa shape index (κ3) is 2.11. The van der Waals surface area contributed by atoms with Gasteiger partial charge < -0.3 is 4.90 Å². The van der Waals surface area contributed by atoms with Gasteiger partial charge in [0.15, 0.2) is 0 Å². The molecular weight excluding hydrogens is 289 g/mol. The second kappa shape index (κ2) is 4.76. The van der Waals surface area contributed by atoms with Crippen molar-refractivity contribution in [1.82, 2.24) is 4.90 Å². The number of hydrogen-bond acceptors (Lipinski definition) is 1. The first-order valence-electron chi connectivity index (χ1n) is 5.36. The molecule has 2 rings (SSSR count). The van der Waals surface area contributed by atoms with Gasteiger partial charge in [0.25, 0.3) is 5.91 Å². The fourth-order valence-electron chi connectivity index (χ4n) is 2.06. The van der Waals surface area contributed by atoms with Crippen LogP contribution in [0.15, 0.2) is 22.7 Å². The molecule has 1 aromatic carbocycles. The van der Waals surface area contributed by atoms with Gasteiger partial charge in [0, 0.05) is 17.1 Å². The first-order chi connectivity index (χ1) is 7.61. The lowest BCUT2D eigenvalue weighted by Crippen LogP contribution is -2.33. The van der Waals surface area contributed by atoms with Gasteiger partial charge in [-0.25, -0.2) is 0 Å². The molecule has 1 saturated heterocycles. The molecular formula is C12H13BrClNO. The summed E-state index contributed by atoms with van der Waals surface area (Å²) in [4.78, 5) is 14.1. The minimum atomic E-state index is 0.0382. The summed E-state index contributed by atoms with van der Waals surface area (Å²) in [6, 6.07) is 5.78. The van der Waals surface area contributed by atoms with Crippen LogP contribution in [-0.4, -0.2) is 23.4 Å². The van der Waals surface area contributed by atoms with E-state index in [0.717, 1.165) is 23.9 Å². The van der Waals surface area contributed by atoms with Crippen LogP contribution in [0, 0.1) is 0 Å². The second-order valence-electron chi connectivity index (χ2n) is 4.09. The molecule has 4 heteroatoms. The fraction of sp³-hybridized carbons (Fsp3) is 0.417. The Morgan fingerprint density at radius 3 is 2.94 bits per heavy atom. The van der Waals surface area contributed by atoms with E-state index in [1.54, 1.807) is 6.07 Å². The average Bonchev–Trinajstić information content (AvgIpc) is 2.68. The van der Waals surface area contributed by atoms with Gasteiger partial charge in [-0.1, -0.05) is 17.7 Å². The third-order valence-electron chi connectivity index (χ3n) is 3.00. The van der Waals surface area contributed by atoms with Gasteiger partial charge in [-0.15, -0.1) is 0 Å². The predicted octanol–water partition coefficient (Wildman–Crippen LogP) is 3.73. The van der Waals surface area contributed by atoms with E-state index >= 15 is 0 Å². The zero-order valence-corrected chi connectivity index (χ0v) is 11.4. The number of amides is 1. The third-order valence-corrected chi connectivity index (χ3v) is 4.29. The van der Waals surface area contributed by atoms with Crippen molar-refractivity contribution in [3.8, 4) is 0 Å². The van der Waals surface area contributed by atoms with Crippen molar-refractivity contribution < 1.29 is 4.79 Å². The number of carbonyl (C=O) groups is 1. The van der Waals surface area contributed by atoms with Gasteiger partial charge in [-0.2, -0.15) is 0 Å². The maximum atomic E-state index is 12.3. The van der Waals surface area contributed by atoms with E-state index in [1.807, 2.05) is 17.0 Å². The van der Waals surface area contributed by atoms with Crippen LogP contribution in [0.25, 0.3) is 0 Å². The molecule has 86 valence electrons. The quantitative estimate of drug-likeness (QED) is 0.774. The summed E-state index contributed by atoms with van der Waals surface area (Å²) in [5, 5.41) is 0.506. The average molecular weight is 303 g/mol. The van der Waals surface area contributed by atoms with Crippen molar-refractivity contribution in [1.29, 1.82) is 0 Å². The Hall–Kier alpha value is -0.540. The summed E-state index contributed by atoms with van der Waals surface area (Å²) in [7, 11) is 0. The molecule has 1 aliphatic heterocycles. The Labute approximate surface area is 109 Å². The zero-order valence-electron chi connectivity index (χ0n) is 9.04. The highest BCUT2D eigenvalue weighted by Crippen LogP contribution is 2.29. The van der Waals surface area contributed by atoms with E-state index < -0.39 is 0 Å². The van der Waals surface area contributed by atoms with E-state index in [-0.39, 0.29) is 5.91 Å². The molecule has 1 aliphatic rings. The maximum Gasteiger partial charge on any atom is 0.255 e. The van der Waals surface area contributed by atoms with Crippen LogP contribution in [0.1, 0.15) is 30.1 Å². The summed E-state index contributed by atoms with van der Waals surface area (Å²) in [6.45, 7) is 2.92. The lowest BCUT2D eigenvalue weighted by Gasteiger charge is -2.22. The zero-order chi connectivity index (χ0) is 11.7. The molecule has 1 heterocycles. The van der Waals surface area contributed by atoms with Crippen LogP contribution in [0.2, 0.25) is 5.02 Å². The van der Waals surface area contributed by atoms with Gasteiger partial charge in [0.05, 0.1) is 10.6 Å². The van der Waals surface area contributed by atoms with Gasteiger partial charge in [-0.05, 0) is 47.8 Å². The van der Waals surface area contributed by atoms with E-state index in [2.05, 4.69) is 22.9 Å². The van der Waals surface area contributed by atoms with E-state index in [4.69, 9.17) is 11.6 Å². The maximum absolute atomic E-state index is 12.3. The van der Waals surface area contributed by atoms with Crippen LogP contribution in [0.3, 0.4) is 0 Å². The fourth-order valence-corrected chi connectivity index (χ4v) is 2.63. The molecule has 1 unspecified atom stereocenters. The minimum Gasteiger partial charge on any atom is -0.336 e. The smallest absolute Gasteiger partial charge is 0.255 e. The van der Waals surface area contributed by atoms with Crippen LogP contribution >= 0.6 is 27.5 Å². The molecule has 0 aromatic heterocycles. The summed E-state index contributed by atoms with van der Waals surface area (Å²) in [6.07, 6.45) is 2.16. The molecule has 0 radical (unpaired) electrons. The number of halogens is 2. The number of likely N-dealkylation sites (tertiary alicyclic amines) is 1. The molecule has 1 amide bonds. The second-order valence-corrected chi connectivity index (χ2v) is 5.32. The summed E-state index contributed by atoms with van der Waals surface area (Å²) >= 11 is 9.46. The largest absolute Gasteiger partial charge is 0.336 e. The van der Waals surface area contributed by atoms with Gasteiger partial charge in [-0.3, -0.25) is 4.79 Å². The highest BCUT2D eigenvalue weighted by molar-refractivity contribution is 9.10. The number of nitrogens with zero attached hydrogens (tertiary/aromatic N) is 1. The molecule has 0 N–H and O–H groups in total. The first kappa shape index (κ1) is 11.9. The number of rotatable bonds is 1. The molecule has 1 aromatic rings. The molecule has 16 heavy (non-hydrogen) atoms. The van der Waals surface area contributed by atoms with Crippen molar-refractivity contribution in [2.75, 3.05) is 6.54 Å². The Bertz CT molecular complexity index is 421. The molecule has 0 spiro atoms. The molecule has 1 fully saturated rings. The SMILES string of the molecule is CC1CCCN1C(=O)c1cccc(Br)c1Cl. The van der Waals surface area contributed by atoms with Gasteiger partial charge in [0.2, 0.25) is 0 Å². The normalized spacial score (nSPS) is 20.2. The van der Waals surface area contributed by atoms with Crippen molar-refractivity contribution in [2.45, 2.75) is 25.8 Å². The molecule has 1 atom stereocenters. The van der Waals surface area contributed by atoms with Crippen molar-refractivity contribution in [3.63, 3.8) is 0 Å². The molecule has 0 bridgehead atoms. The van der Waals surface area contributed by atoms with Gasteiger partial charge >= 0.3 is 0 Å². The minimum absolute atomic E-state index is 0.0382. The highest BCUT2D eigenvalue weighted by Gasteiger charge is 2.27. The van der Waals surface area contributed by atoms with Crippen LogP contribution in [0.4, 0.5) is 0 Å². The lowest BCUT2D eigenvalue weighted by atomic mass is 10.2. The molecule has 0 aliphatic carbocycles. The topological polar surface area (TPSA) is 20.3 Å². The van der Waals surface area contributed by atoms with Crippen molar-refractivity contribution in [3.05, 3.63) is 33.3 Å². The van der Waals surface area contributed by atoms with Crippen LogP contribution < -0.4 is 0 Å². The first-order valence-corrected chi connectivity index (χ1v) is 6.53. The highest BCUT2D eigenvalue weighted by atomic mass is 79.9. The Morgan fingerprint density at radius 2 is 2.31 bits per heavy atom. The molecule has 2 nitrogen and oxygen atoms in total. The van der Waals surface area contributed by atoms with E-state index in [9.17, 15) is 4.79 Å². The molecule has 0 saturated carbocycles. The van der Waals surface area contributed by atoms with Crippen molar-refractivity contribution in [2.24, 2.45) is 0 Å². The Morgan fingerprint density at radius 1 is 1.56 bits per heavy atom. The van der Waals surface area contributed by atoms with E-state index in [0.29, 0.717) is 16.6 Å². The summed E-state index contributed by atoms with van der Waals surface area (Å²) < 4.78 is 0.770. The number of hydrogen-bond donors (Lipinski definition) is 0. The predicted molar refractivity (Wildman–Crippen MR) is 68.9 cm³/mol. The lowest BCUT2D eigenvalue weighted by molar-refractivity contribution is 0.0747. The summed E-state index contributed by atoms with van der Waals surface area (Å²) in [5.41, 5.74) is 0.588. The monoisotopic (exact) mass is 301 g/mol. The van der Waals surface area contributed by atoms with E-state index in [1.165, 1.54) is 0 Å². The standard InChI is InChI=1S/C12H13BrClNO/c1-8-4-3-7-15(8)12(16)9-5-2-6-10(13)11(9)14/h2,5-6,8H,3-4,7H2,1H3. The van der Waals surface area contributed by atoms with Crippen LogP contribution in [0.5, 0.6) is 0 Å². The van der Waals surface area contributed by atoms with Gasteiger partial charge in [0.1, 0.15) is 0 Å².